The summed E-state index contributed by atoms with van der Waals surface area (Å²) in [5.41, 5.74) is 0. The molecule has 0 fully saturated rings. The van der Waals surface area contributed by atoms with Gasteiger partial charge in [-0.25, -0.2) is 0 Å². The van der Waals surface area contributed by atoms with E-state index < -0.39 is 0 Å². The fourth-order valence-corrected chi connectivity index (χ4v) is 0.518. The zero-order chi connectivity index (χ0) is 8.15. The van der Waals surface area contributed by atoms with E-state index in [0.717, 1.165) is 13.1 Å². The maximum Gasteiger partial charge on any atom is 0.0923 e. The Morgan fingerprint density at radius 1 is 1.20 bits per heavy atom. The molecular formula is C7H17N3. The maximum absolute atomic E-state index is 7.25. The first-order chi connectivity index (χ1) is 4.54. The average molecular weight is 143 g/mol. The molecule has 0 radical (unpaired) electrons. The minimum absolute atomic E-state index is 0.627. The van der Waals surface area contributed by atoms with Gasteiger partial charge in [-0.3, -0.25) is 5.41 Å². The van der Waals surface area contributed by atoms with Gasteiger partial charge in [-0.2, -0.15) is 0 Å². The summed E-state index contributed by atoms with van der Waals surface area (Å²) in [6, 6.07) is 0. The van der Waals surface area contributed by atoms with Crippen molar-refractivity contribution in [3.8, 4) is 0 Å². The summed E-state index contributed by atoms with van der Waals surface area (Å²) in [4.78, 5) is 4.04. The first-order valence-corrected chi connectivity index (χ1v) is 3.45. The van der Waals surface area contributed by atoms with Crippen LogP contribution < -0.4 is 0 Å². The van der Waals surface area contributed by atoms with E-state index >= 15 is 0 Å². The number of hydrogen-bond acceptors (Lipinski definition) is 2. The minimum atomic E-state index is 0.627. The highest BCUT2D eigenvalue weighted by molar-refractivity contribution is 5.75. The van der Waals surface area contributed by atoms with Crippen molar-refractivity contribution in [2.75, 3.05) is 34.2 Å². The van der Waals surface area contributed by atoms with Crippen LogP contribution in [-0.2, 0) is 0 Å². The number of amidine groups is 1. The molecule has 1 N–H and O–H groups in total. The van der Waals surface area contributed by atoms with Crippen LogP contribution in [0.5, 0.6) is 0 Å². The first-order valence-electron chi connectivity index (χ1n) is 3.45. The molecule has 0 saturated carbocycles. The molecule has 0 aliphatic rings. The lowest BCUT2D eigenvalue weighted by Crippen LogP contribution is -2.31. The molecular weight excluding hydrogens is 126 g/mol. The Morgan fingerprint density at radius 2 is 1.70 bits per heavy atom. The fraction of sp³-hybridized carbons (Fsp3) is 0.857. The van der Waals surface area contributed by atoms with Crippen molar-refractivity contribution in [3.63, 3.8) is 0 Å². The smallest absolute Gasteiger partial charge is 0.0923 e. The van der Waals surface area contributed by atoms with Crippen LogP contribution in [0, 0.1) is 5.41 Å². The highest BCUT2D eigenvalue weighted by atomic mass is 15.2. The van der Waals surface area contributed by atoms with Gasteiger partial charge in [-0.15, -0.1) is 0 Å². The molecule has 3 nitrogen and oxygen atoms in total. The van der Waals surface area contributed by atoms with Gasteiger partial charge < -0.3 is 9.80 Å². The SMILES string of the molecule is CC(=N)N(C)CCN(C)C. The summed E-state index contributed by atoms with van der Waals surface area (Å²) in [7, 11) is 6.01. The van der Waals surface area contributed by atoms with Crippen molar-refractivity contribution in [1.82, 2.24) is 9.80 Å². The minimum Gasteiger partial charge on any atom is -0.363 e. The lowest BCUT2D eigenvalue weighted by Gasteiger charge is -2.19. The molecule has 0 spiro atoms. The molecule has 0 atom stereocenters. The van der Waals surface area contributed by atoms with Gasteiger partial charge >= 0.3 is 0 Å². The molecule has 0 heterocycles. The van der Waals surface area contributed by atoms with Crippen molar-refractivity contribution >= 4 is 5.84 Å². The number of likely N-dealkylation sites (N-methyl/N-ethyl adjacent to an activating group) is 2. The van der Waals surface area contributed by atoms with E-state index in [1.807, 2.05) is 26.0 Å². The van der Waals surface area contributed by atoms with Crippen LogP contribution >= 0.6 is 0 Å². The van der Waals surface area contributed by atoms with Crippen LogP contribution in [0.1, 0.15) is 6.92 Å². The Hall–Kier alpha value is -0.570. The molecule has 0 aliphatic carbocycles. The summed E-state index contributed by atoms with van der Waals surface area (Å²) < 4.78 is 0. The van der Waals surface area contributed by atoms with Crippen LogP contribution in [0.2, 0.25) is 0 Å². The molecule has 10 heavy (non-hydrogen) atoms. The first kappa shape index (κ1) is 9.43. The molecule has 0 amide bonds. The second-order valence-electron chi connectivity index (χ2n) is 2.81. The third-order valence-electron chi connectivity index (χ3n) is 1.46. The number of nitrogens with one attached hydrogen (secondary N) is 1. The lowest BCUT2D eigenvalue weighted by atomic mass is 10.5. The van der Waals surface area contributed by atoms with E-state index in [9.17, 15) is 0 Å². The van der Waals surface area contributed by atoms with Crippen LogP contribution in [-0.4, -0.2) is 49.9 Å². The van der Waals surface area contributed by atoms with E-state index in [2.05, 4.69) is 4.90 Å². The maximum atomic E-state index is 7.25. The third kappa shape index (κ3) is 4.32. The number of nitrogens with zero attached hydrogens (tertiary/aromatic N) is 2. The molecule has 0 aliphatic heterocycles. The highest BCUT2D eigenvalue weighted by Crippen LogP contribution is 1.84. The monoisotopic (exact) mass is 143 g/mol. The van der Waals surface area contributed by atoms with Crippen molar-refractivity contribution in [1.29, 1.82) is 5.41 Å². The van der Waals surface area contributed by atoms with Gasteiger partial charge in [-0.1, -0.05) is 0 Å². The van der Waals surface area contributed by atoms with E-state index in [0.29, 0.717) is 5.84 Å². The van der Waals surface area contributed by atoms with Gasteiger partial charge in [-0.05, 0) is 21.0 Å². The summed E-state index contributed by atoms with van der Waals surface area (Å²) in [5, 5.41) is 7.25. The summed E-state index contributed by atoms with van der Waals surface area (Å²) in [6.45, 7) is 3.74. The fourth-order valence-electron chi connectivity index (χ4n) is 0.518. The highest BCUT2D eigenvalue weighted by Gasteiger charge is 1.97. The predicted molar refractivity (Wildman–Crippen MR) is 44.6 cm³/mol. The van der Waals surface area contributed by atoms with Gasteiger partial charge in [0.1, 0.15) is 0 Å². The summed E-state index contributed by atoms with van der Waals surface area (Å²) >= 11 is 0. The topological polar surface area (TPSA) is 30.3 Å². The quantitative estimate of drug-likeness (QED) is 0.460. The van der Waals surface area contributed by atoms with E-state index in [1.165, 1.54) is 0 Å². The molecule has 0 saturated heterocycles. The van der Waals surface area contributed by atoms with E-state index in [4.69, 9.17) is 5.41 Å². The van der Waals surface area contributed by atoms with Gasteiger partial charge in [0.15, 0.2) is 0 Å². The van der Waals surface area contributed by atoms with Gasteiger partial charge in [0, 0.05) is 20.1 Å². The Balaban J connectivity index is 3.40. The number of hydrogen-bond donors (Lipinski definition) is 1. The van der Waals surface area contributed by atoms with Crippen LogP contribution in [0.25, 0.3) is 0 Å². The third-order valence-corrected chi connectivity index (χ3v) is 1.46. The van der Waals surface area contributed by atoms with Crippen molar-refractivity contribution < 1.29 is 0 Å². The van der Waals surface area contributed by atoms with E-state index in [1.54, 1.807) is 6.92 Å². The standard InChI is InChI=1S/C7H17N3/c1-7(8)10(4)6-5-9(2)3/h8H,5-6H2,1-4H3. The second kappa shape index (κ2) is 4.28. The molecule has 0 bridgehead atoms. The molecule has 60 valence electrons. The summed E-state index contributed by atoms with van der Waals surface area (Å²) in [5.74, 6) is 0.627. The molecule has 0 unspecified atom stereocenters. The Kier molecular flexibility index (Phi) is 4.03. The van der Waals surface area contributed by atoms with Gasteiger partial charge in [0.2, 0.25) is 0 Å². The van der Waals surface area contributed by atoms with Crippen LogP contribution in [0.4, 0.5) is 0 Å². The van der Waals surface area contributed by atoms with Gasteiger partial charge in [0.05, 0.1) is 5.84 Å². The lowest BCUT2D eigenvalue weighted by molar-refractivity contribution is 0.355. The Labute approximate surface area is 63.1 Å². The predicted octanol–water partition coefficient (Wildman–Crippen LogP) is 0.477. The molecule has 0 aromatic rings. The van der Waals surface area contributed by atoms with Crippen LogP contribution in [0.3, 0.4) is 0 Å². The molecule has 0 aromatic heterocycles. The van der Waals surface area contributed by atoms with E-state index in [-0.39, 0.29) is 0 Å². The zero-order valence-corrected chi connectivity index (χ0v) is 7.31. The molecule has 3 heteroatoms. The zero-order valence-electron chi connectivity index (χ0n) is 7.31. The Bertz CT molecular complexity index is 109. The largest absolute Gasteiger partial charge is 0.363 e. The van der Waals surface area contributed by atoms with Crippen molar-refractivity contribution in [2.24, 2.45) is 0 Å². The van der Waals surface area contributed by atoms with Crippen molar-refractivity contribution in [2.45, 2.75) is 6.92 Å². The normalized spacial score (nSPS) is 10.1. The summed E-state index contributed by atoms with van der Waals surface area (Å²) in [6.07, 6.45) is 0. The van der Waals surface area contributed by atoms with Crippen LogP contribution in [0.15, 0.2) is 0 Å². The average Bonchev–Trinajstić information content (AvgIpc) is 1.82. The number of rotatable bonds is 3. The van der Waals surface area contributed by atoms with Gasteiger partial charge in [0.25, 0.3) is 0 Å². The Morgan fingerprint density at radius 3 is 2.00 bits per heavy atom. The molecule has 0 rings (SSSR count). The van der Waals surface area contributed by atoms with Crippen molar-refractivity contribution in [3.05, 3.63) is 0 Å². The molecule has 0 aromatic carbocycles. The second-order valence-corrected chi connectivity index (χ2v) is 2.81.